The minimum atomic E-state index is 0.703. The van der Waals surface area contributed by atoms with E-state index in [-0.39, 0.29) is 0 Å². The number of aldehydes is 1. The lowest BCUT2D eigenvalue weighted by Gasteiger charge is -2.00. The second-order valence-electron chi connectivity index (χ2n) is 3.60. The summed E-state index contributed by atoms with van der Waals surface area (Å²) in [5, 5.41) is 1.09. The van der Waals surface area contributed by atoms with Crippen molar-refractivity contribution in [3.63, 3.8) is 0 Å². The molecule has 1 heterocycles. The fraction of sp³-hybridized carbons (Fsp3) is 0.231. The maximum absolute atomic E-state index is 10.6. The zero-order valence-corrected chi connectivity index (χ0v) is 10.2. The van der Waals surface area contributed by atoms with Crippen LogP contribution in [-0.2, 0) is 6.42 Å². The molecule has 0 amide bonds. The van der Waals surface area contributed by atoms with Crippen LogP contribution in [0.15, 0.2) is 24.3 Å². The Morgan fingerprint density at radius 3 is 2.56 bits per heavy atom. The number of carbonyl (C=O) groups excluding carboxylic acids is 1. The monoisotopic (exact) mass is 231 g/mol. The summed E-state index contributed by atoms with van der Waals surface area (Å²) >= 11 is 1.74. The van der Waals surface area contributed by atoms with Gasteiger partial charge in [-0.25, -0.2) is 4.98 Å². The fourth-order valence-corrected chi connectivity index (χ4v) is 2.55. The quantitative estimate of drug-likeness (QED) is 0.757. The third-order valence-corrected chi connectivity index (χ3v) is 3.56. The number of benzene rings is 1. The van der Waals surface area contributed by atoms with Gasteiger partial charge in [-0.05, 0) is 13.3 Å². The molecule has 0 radical (unpaired) electrons. The van der Waals surface area contributed by atoms with E-state index in [4.69, 9.17) is 0 Å². The molecular formula is C13H13NOS. The highest BCUT2D eigenvalue weighted by Gasteiger charge is 2.09. The molecule has 2 rings (SSSR count). The van der Waals surface area contributed by atoms with Gasteiger partial charge in [-0.2, -0.15) is 0 Å². The van der Waals surface area contributed by atoms with Gasteiger partial charge in [-0.15, -0.1) is 11.3 Å². The zero-order chi connectivity index (χ0) is 11.5. The van der Waals surface area contributed by atoms with Crippen molar-refractivity contribution in [3.05, 3.63) is 39.7 Å². The number of aryl methyl sites for hydroxylation is 2. The summed E-state index contributed by atoms with van der Waals surface area (Å²) in [6, 6.07) is 7.57. The van der Waals surface area contributed by atoms with Gasteiger partial charge in [-0.3, -0.25) is 4.79 Å². The molecule has 0 spiro atoms. The van der Waals surface area contributed by atoms with Gasteiger partial charge in [0.2, 0.25) is 0 Å². The molecule has 1 aromatic carbocycles. The molecule has 2 aromatic rings. The van der Waals surface area contributed by atoms with Gasteiger partial charge in [0.1, 0.15) is 6.29 Å². The minimum absolute atomic E-state index is 0.703. The van der Waals surface area contributed by atoms with Gasteiger partial charge in [-0.1, -0.05) is 31.2 Å². The number of rotatable bonds is 3. The Morgan fingerprint density at radius 1 is 1.31 bits per heavy atom. The number of carbonyl (C=O) groups is 1. The van der Waals surface area contributed by atoms with Crippen LogP contribution in [0.1, 0.15) is 27.2 Å². The lowest BCUT2D eigenvalue weighted by Crippen LogP contribution is -1.85. The van der Waals surface area contributed by atoms with Crippen LogP contribution in [0.3, 0.4) is 0 Å². The number of aromatic nitrogens is 1. The molecule has 3 heteroatoms. The highest BCUT2D eigenvalue weighted by molar-refractivity contribution is 7.12. The smallest absolute Gasteiger partial charge is 0.150 e. The third-order valence-electron chi connectivity index (χ3n) is 2.45. The van der Waals surface area contributed by atoms with Crippen LogP contribution >= 0.6 is 11.3 Å². The summed E-state index contributed by atoms with van der Waals surface area (Å²) in [4.78, 5) is 16.4. The van der Waals surface area contributed by atoms with Crippen molar-refractivity contribution in [3.8, 4) is 11.3 Å². The van der Waals surface area contributed by atoms with Gasteiger partial charge in [0.05, 0.1) is 10.7 Å². The molecule has 0 fully saturated rings. The summed E-state index contributed by atoms with van der Waals surface area (Å²) in [7, 11) is 0. The van der Waals surface area contributed by atoms with Crippen LogP contribution in [0.4, 0.5) is 0 Å². The molecular weight excluding hydrogens is 218 g/mol. The average molecular weight is 231 g/mol. The van der Waals surface area contributed by atoms with Crippen LogP contribution < -0.4 is 0 Å². The lowest BCUT2D eigenvalue weighted by molar-refractivity contribution is 0.112. The molecule has 0 aliphatic rings. The molecule has 0 unspecified atom stereocenters. The van der Waals surface area contributed by atoms with Crippen LogP contribution in [0.5, 0.6) is 0 Å². The first-order chi connectivity index (χ1) is 7.74. The van der Waals surface area contributed by atoms with E-state index in [0.717, 1.165) is 29.0 Å². The standard InChI is InChI=1S/C13H13NOS/c1-3-12-13(14-9(2)16-12)11-6-4-10(8-15)5-7-11/h4-8H,3H2,1-2H3. The van der Waals surface area contributed by atoms with Crippen molar-refractivity contribution in [2.45, 2.75) is 20.3 Å². The first kappa shape index (κ1) is 11.0. The predicted octanol–water partition coefficient (Wildman–Crippen LogP) is 3.49. The van der Waals surface area contributed by atoms with Gasteiger partial charge >= 0.3 is 0 Å². The summed E-state index contributed by atoms with van der Waals surface area (Å²) in [6.45, 7) is 4.16. The van der Waals surface area contributed by atoms with Gasteiger partial charge < -0.3 is 0 Å². The Labute approximate surface area is 99.0 Å². The van der Waals surface area contributed by atoms with E-state index in [1.54, 1.807) is 11.3 Å². The summed E-state index contributed by atoms with van der Waals surface area (Å²) < 4.78 is 0. The topological polar surface area (TPSA) is 30.0 Å². The first-order valence-corrected chi connectivity index (χ1v) is 6.08. The van der Waals surface area contributed by atoms with E-state index in [1.165, 1.54) is 4.88 Å². The molecule has 16 heavy (non-hydrogen) atoms. The SMILES string of the molecule is CCc1sc(C)nc1-c1ccc(C=O)cc1. The largest absolute Gasteiger partial charge is 0.298 e. The van der Waals surface area contributed by atoms with Crippen molar-refractivity contribution in [1.82, 2.24) is 4.98 Å². The molecule has 0 aliphatic carbocycles. The second kappa shape index (κ2) is 4.58. The fourth-order valence-electron chi connectivity index (χ4n) is 1.65. The Balaban J connectivity index is 2.45. The maximum atomic E-state index is 10.6. The normalized spacial score (nSPS) is 10.4. The average Bonchev–Trinajstić information content (AvgIpc) is 2.70. The summed E-state index contributed by atoms with van der Waals surface area (Å²) in [5.41, 5.74) is 2.85. The first-order valence-electron chi connectivity index (χ1n) is 5.26. The number of hydrogen-bond acceptors (Lipinski definition) is 3. The van der Waals surface area contributed by atoms with E-state index >= 15 is 0 Å². The minimum Gasteiger partial charge on any atom is -0.298 e. The number of nitrogens with zero attached hydrogens (tertiary/aromatic N) is 1. The maximum Gasteiger partial charge on any atom is 0.150 e. The lowest BCUT2D eigenvalue weighted by atomic mass is 10.1. The van der Waals surface area contributed by atoms with E-state index in [2.05, 4.69) is 11.9 Å². The molecule has 2 nitrogen and oxygen atoms in total. The molecule has 0 N–H and O–H groups in total. The van der Waals surface area contributed by atoms with Crippen LogP contribution in [0.2, 0.25) is 0 Å². The highest BCUT2D eigenvalue weighted by atomic mass is 32.1. The third kappa shape index (κ3) is 2.04. The molecule has 0 atom stereocenters. The molecule has 0 aliphatic heterocycles. The highest BCUT2D eigenvalue weighted by Crippen LogP contribution is 2.28. The van der Waals surface area contributed by atoms with E-state index in [0.29, 0.717) is 5.56 Å². The van der Waals surface area contributed by atoms with Crippen molar-refractivity contribution in [1.29, 1.82) is 0 Å². The number of hydrogen-bond donors (Lipinski definition) is 0. The van der Waals surface area contributed by atoms with Crippen molar-refractivity contribution in [2.75, 3.05) is 0 Å². The zero-order valence-electron chi connectivity index (χ0n) is 9.36. The predicted molar refractivity (Wildman–Crippen MR) is 67.1 cm³/mol. The van der Waals surface area contributed by atoms with Gasteiger partial charge in [0.25, 0.3) is 0 Å². The Morgan fingerprint density at radius 2 is 2.00 bits per heavy atom. The Bertz CT molecular complexity index is 499. The Hall–Kier alpha value is -1.48. The molecule has 1 aromatic heterocycles. The van der Waals surface area contributed by atoms with E-state index in [1.807, 2.05) is 31.2 Å². The van der Waals surface area contributed by atoms with E-state index < -0.39 is 0 Å². The van der Waals surface area contributed by atoms with Crippen LogP contribution in [0.25, 0.3) is 11.3 Å². The van der Waals surface area contributed by atoms with Crippen LogP contribution in [-0.4, -0.2) is 11.3 Å². The van der Waals surface area contributed by atoms with Crippen molar-refractivity contribution in [2.24, 2.45) is 0 Å². The molecule has 82 valence electrons. The van der Waals surface area contributed by atoms with Gasteiger partial charge in [0.15, 0.2) is 0 Å². The molecule has 0 saturated heterocycles. The molecule has 0 saturated carbocycles. The van der Waals surface area contributed by atoms with Crippen molar-refractivity contribution < 1.29 is 4.79 Å². The van der Waals surface area contributed by atoms with E-state index in [9.17, 15) is 4.79 Å². The summed E-state index contributed by atoms with van der Waals surface area (Å²) in [5.74, 6) is 0. The second-order valence-corrected chi connectivity index (χ2v) is 4.89. The number of thiazole rings is 1. The summed E-state index contributed by atoms with van der Waals surface area (Å²) in [6.07, 6.45) is 1.85. The van der Waals surface area contributed by atoms with Crippen LogP contribution in [0, 0.1) is 6.92 Å². The Kier molecular flexibility index (Phi) is 3.15. The van der Waals surface area contributed by atoms with Gasteiger partial charge in [0, 0.05) is 16.0 Å². The van der Waals surface area contributed by atoms with Crippen molar-refractivity contribution >= 4 is 17.6 Å². The molecule has 0 bridgehead atoms.